The molecular weight excluding hydrogens is 461 g/mol. The minimum absolute atomic E-state index is 0. The molecule has 1 atom stereocenters. The van der Waals surface area contributed by atoms with Crippen molar-refractivity contribution in [2.75, 3.05) is 45.1 Å². The van der Waals surface area contributed by atoms with Crippen molar-refractivity contribution in [3.05, 3.63) is 65.7 Å². The molecule has 0 bridgehead atoms. The first-order chi connectivity index (χ1) is 13.1. The Morgan fingerprint density at radius 3 is 2.54 bits per heavy atom. The fourth-order valence-electron chi connectivity index (χ4n) is 3.51. The Hall–Kier alpha value is -1.64. The Labute approximate surface area is 186 Å². The standard InChI is InChI=1S/C22H31N5.HI/c1-18-9-11-20(12-10-18)25-22(23)24-13-6-14-27-16-15-26(2)17-21(27)19-7-4-3-5-8-19;/h3-5,7-12,21H,6,13-17H2,1-2H3,(H3,23,24,25);1H. The number of rotatable bonds is 6. The summed E-state index contributed by atoms with van der Waals surface area (Å²) in [5.41, 5.74) is 9.62. The molecule has 0 aliphatic carbocycles. The number of aryl methyl sites for hydroxylation is 1. The van der Waals surface area contributed by atoms with E-state index >= 15 is 0 Å². The topological polar surface area (TPSA) is 56.9 Å². The van der Waals surface area contributed by atoms with Crippen LogP contribution in [0.4, 0.5) is 5.69 Å². The minimum Gasteiger partial charge on any atom is -0.370 e. The van der Waals surface area contributed by atoms with Gasteiger partial charge in [0.1, 0.15) is 0 Å². The van der Waals surface area contributed by atoms with Gasteiger partial charge < -0.3 is 16.0 Å². The van der Waals surface area contributed by atoms with Gasteiger partial charge in [-0.25, -0.2) is 0 Å². The van der Waals surface area contributed by atoms with Gasteiger partial charge in [0, 0.05) is 44.5 Å². The number of nitrogens with two attached hydrogens (primary N) is 1. The van der Waals surface area contributed by atoms with Gasteiger partial charge in [-0.1, -0.05) is 48.0 Å². The monoisotopic (exact) mass is 493 g/mol. The molecule has 1 unspecified atom stereocenters. The van der Waals surface area contributed by atoms with Crippen molar-refractivity contribution in [1.29, 1.82) is 0 Å². The number of hydrogen-bond donors (Lipinski definition) is 2. The molecule has 2 aromatic rings. The van der Waals surface area contributed by atoms with Crippen LogP contribution in [0.3, 0.4) is 0 Å². The number of anilines is 1. The average molecular weight is 493 g/mol. The molecule has 5 nitrogen and oxygen atoms in total. The SMILES string of the molecule is Cc1ccc(NC(N)=NCCCN2CCN(C)CC2c2ccccc2)cc1.I. The highest BCUT2D eigenvalue weighted by atomic mass is 127. The van der Waals surface area contributed by atoms with Crippen molar-refractivity contribution in [3.63, 3.8) is 0 Å². The van der Waals surface area contributed by atoms with Gasteiger partial charge in [-0.3, -0.25) is 9.89 Å². The fourth-order valence-corrected chi connectivity index (χ4v) is 3.51. The third kappa shape index (κ3) is 6.76. The molecule has 6 heteroatoms. The molecule has 0 aromatic heterocycles. The van der Waals surface area contributed by atoms with E-state index in [1.165, 1.54) is 11.1 Å². The van der Waals surface area contributed by atoms with Crippen molar-refractivity contribution >= 4 is 35.6 Å². The summed E-state index contributed by atoms with van der Waals surface area (Å²) in [6.45, 7) is 7.13. The normalized spacial score (nSPS) is 18.5. The molecule has 1 aliphatic rings. The first-order valence-corrected chi connectivity index (χ1v) is 9.73. The van der Waals surface area contributed by atoms with Crippen LogP contribution in [0.25, 0.3) is 0 Å². The predicted octanol–water partition coefficient (Wildman–Crippen LogP) is 3.72. The zero-order chi connectivity index (χ0) is 19.1. The highest BCUT2D eigenvalue weighted by Crippen LogP contribution is 2.24. The molecule has 1 heterocycles. The summed E-state index contributed by atoms with van der Waals surface area (Å²) in [6, 6.07) is 19.4. The highest BCUT2D eigenvalue weighted by Gasteiger charge is 2.25. The second-order valence-corrected chi connectivity index (χ2v) is 7.34. The van der Waals surface area contributed by atoms with E-state index in [1.807, 2.05) is 12.1 Å². The summed E-state index contributed by atoms with van der Waals surface area (Å²) < 4.78 is 0. The smallest absolute Gasteiger partial charge is 0.193 e. The van der Waals surface area contributed by atoms with E-state index in [0.717, 1.165) is 44.8 Å². The van der Waals surface area contributed by atoms with E-state index in [0.29, 0.717) is 12.0 Å². The van der Waals surface area contributed by atoms with Gasteiger partial charge in [-0.05, 0) is 38.1 Å². The van der Waals surface area contributed by atoms with Crippen molar-refractivity contribution in [2.24, 2.45) is 10.7 Å². The van der Waals surface area contributed by atoms with Crippen LogP contribution in [-0.2, 0) is 0 Å². The molecule has 1 fully saturated rings. The molecule has 3 N–H and O–H groups in total. The third-order valence-corrected chi connectivity index (χ3v) is 5.09. The fraction of sp³-hybridized carbons (Fsp3) is 0.409. The van der Waals surface area contributed by atoms with Gasteiger partial charge >= 0.3 is 0 Å². The number of hydrogen-bond acceptors (Lipinski definition) is 3. The van der Waals surface area contributed by atoms with Crippen molar-refractivity contribution in [3.8, 4) is 0 Å². The van der Waals surface area contributed by atoms with Crippen molar-refractivity contribution < 1.29 is 0 Å². The van der Waals surface area contributed by atoms with Gasteiger partial charge in [0.15, 0.2) is 5.96 Å². The van der Waals surface area contributed by atoms with Crippen molar-refractivity contribution in [1.82, 2.24) is 9.80 Å². The first kappa shape index (κ1) is 22.6. The number of piperazine rings is 1. The molecular formula is C22H32IN5. The van der Waals surface area contributed by atoms with E-state index in [-0.39, 0.29) is 24.0 Å². The molecule has 0 amide bonds. The van der Waals surface area contributed by atoms with Gasteiger partial charge in [-0.15, -0.1) is 24.0 Å². The van der Waals surface area contributed by atoms with Crippen LogP contribution in [0.1, 0.15) is 23.6 Å². The van der Waals surface area contributed by atoms with Gasteiger partial charge in [0.2, 0.25) is 0 Å². The molecule has 28 heavy (non-hydrogen) atoms. The van der Waals surface area contributed by atoms with Crippen LogP contribution < -0.4 is 11.1 Å². The summed E-state index contributed by atoms with van der Waals surface area (Å²) >= 11 is 0. The van der Waals surface area contributed by atoms with Crippen LogP contribution in [0, 0.1) is 6.92 Å². The minimum atomic E-state index is 0. The summed E-state index contributed by atoms with van der Waals surface area (Å²) in [5, 5.41) is 3.16. The Bertz CT molecular complexity index is 732. The second kappa shape index (κ2) is 11.4. The molecule has 152 valence electrons. The van der Waals surface area contributed by atoms with E-state index in [2.05, 4.69) is 76.5 Å². The quantitative estimate of drug-likeness (QED) is 0.279. The maximum absolute atomic E-state index is 6.02. The second-order valence-electron chi connectivity index (χ2n) is 7.34. The number of likely N-dealkylation sites (N-methyl/N-ethyl adjacent to an activating group) is 1. The molecule has 1 saturated heterocycles. The van der Waals surface area contributed by atoms with Crippen LogP contribution in [-0.4, -0.2) is 55.5 Å². The largest absolute Gasteiger partial charge is 0.370 e. The lowest BCUT2D eigenvalue weighted by molar-refractivity contribution is 0.0894. The van der Waals surface area contributed by atoms with Crippen molar-refractivity contribution in [2.45, 2.75) is 19.4 Å². The molecule has 3 rings (SSSR count). The zero-order valence-electron chi connectivity index (χ0n) is 16.8. The summed E-state index contributed by atoms with van der Waals surface area (Å²) in [5.74, 6) is 0.483. The number of halogens is 1. The maximum Gasteiger partial charge on any atom is 0.193 e. The van der Waals surface area contributed by atoms with Gasteiger partial charge in [0.25, 0.3) is 0 Å². The lowest BCUT2D eigenvalue weighted by Crippen LogP contribution is -2.47. The number of aliphatic imine (C=N–C) groups is 1. The molecule has 0 radical (unpaired) electrons. The average Bonchev–Trinajstić information content (AvgIpc) is 2.68. The lowest BCUT2D eigenvalue weighted by atomic mass is 10.0. The van der Waals surface area contributed by atoms with E-state index < -0.39 is 0 Å². The van der Waals surface area contributed by atoms with Gasteiger partial charge in [0.05, 0.1) is 0 Å². The first-order valence-electron chi connectivity index (χ1n) is 9.73. The van der Waals surface area contributed by atoms with Crippen LogP contribution in [0.15, 0.2) is 59.6 Å². The number of nitrogens with zero attached hydrogens (tertiary/aromatic N) is 3. The number of guanidine groups is 1. The summed E-state index contributed by atoms with van der Waals surface area (Å²) in [4.78, 5) is 9.48. The van der Waals surface area contributed by atoms with E-state index in [4.69, 9.17) is 5.73 Å². The number of nitrogens with one attached hydrogen (secondary N) is 1. The Balaban J connectivity index is 0.00000280. The lowest BCUT2D eigenvalue weighted by Gasteiger charge is -2.40. The summed E-state index contributed by atoms with van der Waals surface area (Å²) in [7, 11) is 2.20. The third-order valence-electron chi connectivity index (χ3n) is 5.09. The molecule has 0 spiro atoms. The molecule has 0 saturated carbocycles. The predicted molar refractivity (Wildman–Crippen MR) is 130 cm³/mol. The highest BCUT2D eigenvalue weighted by molar-refractivity contribution is 14.0. The molecule has 2 aromatic carbocycles. The Morgan fingerprint density at radius 1 is 1.11 bits per heavy atom. The van der Waals surface area contributed by atoms with E-state index in [1.54, 1.807) is 0 Å². The van der Waals surface area contributed by atoms with Crippen LogP contribution >= 0.6 is 24.0 Å². The van der Waals surface area contributed by atoms with Crippen LogP contribution in [0.5, 0.6) is 0 Å². The summed E-state index contributed by atoms with van der Waals surface area (Å²) in [6.07, 6.45) is 1.00. The zero-order valence-corrected chi connectivity index (χ0v) is 19.2. The van der Waals surface area contributed by atoms with Crippen LogP contribution in [0.2, 0.25) is 0 Å². The molecule has 1 aliphatic heterocycles. The van der Waals surface area contributed by atoms with E-state index in [9.17, 15) is 0 Å². The Morgan fingerprint density at radius 2 is 1.82 bits per heavy atom. The number of benzene rings is 2. The van der Waals surface area contributed by atoms with Gasteiger partial charge in [-0.2, -0.15) is 0 Å². The maximum atomic E-state index is 6.02. The Kier molecular flexibility index (Phi) is 9.21.